The molecule has 0 amide bonds. The molecule has 1 unspecified atom stereocenters. The molecule has 3 nitrogen and oxygen atoms in total. The molecule has 1 aliphatic heterocycles. The minimum absolute atomic E-state index is 0.123. The molecule has 82 valence electrons. The molecule has 1 rings (SSSR count). The second kappa shape index (κ2) is 4.41. The van der Waals surface area contributed by atoms with Crippen molar-refractivity contribution in [3.8, 4) is 0 Å². The number of nitrogens with two attached hydrogens (primary N) is 1. The summed E-state index contributed by atoms with van der Waals surface area (Å²) in [7, 11) is 0. The fraction of sp³-hybridized carbons (Fsp3) is 0.909. The Bertz CT molecular complexity index is 202. The summed E-state index contributed by atoms with van der Waals surface area (Å²) in [6.07, 6.45) is 1.67. The van der Waals surface area contributed by atoms with E-state index in [0.29, 0.717) is 13.2 Å². The van der Waals surface area contributed by atoms with E-state index in [0.717, 1.165) is 12.8 Å². The molecular formula is C11H21NO2. The summed E-state index contributed by atoms with van der Waals surface area (Å²) in [6.45, 7) is 7.43. The Balaban J connectivity index is 2.55. The van der Waals surface area contributed by atoms with Crippen molar-refractivity contribution in [3.05, 3.63) is 0 Å². The third-order valence-corrected chi connectivity index (χ3v) is 2.86. The van der Waals surface area contributed by atoms with Gasteiger partial charge in [0.05, 0.1) is 6.04 Å². The number of carbonyl (C=O) groups is 1. The first-order valence-corrected chi connectivity index (χ1v) is 5.30. The zero-order valence-corrected chi connectivity index (χ0v) is 9.38. The molecule has 1 saturated heterocycles. The van der Waals surface area contributed by atoms with Gasteiger partial charge in [0.1, 0.15) is 0 Å². The summed E-state index contributed by atoms with van der Waals surface area (Å²) < 4.78 is 5.22. The first kappa shape index (κ1) is 11.7. The Labute approximate surface area is 86.0 Å². The van der Waals surface area contributed by atoms with E-state index in [1.165, 1.54) is 0 Å². The molecule has 1 heterocycles. The summed E-state index contributed by atoms with van der Waals surface area (Å²) in [4.78, 5) is 12.0. The van der Waals surface area contributed by atoms with Gasteiger partial charge in [0.25, 0.3) is 0 Å². The Kier molecular flexibility index (Phi) is 3.67. The quantitative estimate of drug-likeness (QED) is 0.730. The van der Waals surface area contributed by atoms with E-state index in [-0.39, 0.29) is 23.2 Å². The second-order valence-corrected chi connectivity index (χ2v) is 5.13. The molecule has 0 aromatic carbocycles. The highest BCUT2D eigenvalue weighted by molar-refractivity contribution is 5.86. The van der Waals surface area contributed by atoms with Gasteiger partial charge in [-0.05, 0) is 18.3 Å². The largest absolute Gasteiger partial charge is 0.381 e. The normalized spacial score (nSPS) is 22.0. The SMILES string of the molecule is CC(C)(C)C(N)C(=O)C1CCOCC1. The summed E-state index contributed by atoms with van der Waals surface area (Å²) in [6, 6.07) is -0.342. The Morgan fingerprint density at radius 2 is 1.86 bits per heavy atom. The van der Waals surface area contributed by atoms with Gasteiger partial charge in [-0.1, -0.05) is 20.8 Å². The minimum Gasteiger partial charge on any atom is -0.381 e. The molecule has 3 heteroatoms. The molecule has 1 atom stereocenters. The van der Waals surface area contributed by atoms with Gasteiger partial charge in [0, 0.05) is 19.1 Å². The van der Waals surface area contributed by atoms with Gasteiger partial charge in [-0.25, -0.2) is 0 Å². The molecule has 0 aliphatic carbocycles. The van der Waals surface area contributed by atoms with Crippen molar-refractivity contribution in [2.75, 3.05) is 13.2 Å². The number of hydrogen-bond acceptors (Lipinski definition) is 3. The van der Waals surface area contributed by atoms with E-state index in [2.05, 4.69) is 0 Å². The highest BCUT2D eigenvalue weighted by Crippen LogP contribution is 2.24. The van der Waals surface area contributed by atoms with Gasteiger partial charge in [-0.2, -0.15) is 0 Å². The van der Waals surface area contributed by atoms with Gasteiger partial charge in [-0.15, -0.1) is 0 Å². The van der Waals surface area contributed by atoms with E-state index >= 15 is 0 Å². The lowest BCUT2D eigenvalue weighted by Crippen LogP contribution is -2.46. The van der Waals surface area contributed by atoms with Gasteiger partial charge in [0.15, 0.2) is 5.78 Å². The Morgan fingerprint density at radius 3 is 2.29 bits per heavy atom. The lowest BCUT2D eigenvalue weighted by molar-refractivity contribution is -0.129. The number of carbonyl (C=O) groups excluding carboxylic acids is 1. The van der Waals surface area contributed by atoms with Crippen molar-refractivity contribution in [1.29, 1.82) is 0 Å². The first-order chi connectivity index (χ1) is 6.43. The van der Waals surface area contributed by atoms with Crippen LogP contribution in [0.1, 0.15) is 33.6 Å². The second-order valence-electron chi connectivity index (χ2n) is 5.13. The minimum atomic E-state index is -0.342. The van der Waals surface area contributed by atoms with Crippen LogP contribution in [0.5, 0.6) is 0 Å². The van der Waals surface area contributed by atoms with Gasteiger partial charge < -0.3 is 10.5 Å². The highest BCUT2D eigenvalue weighted by atomic mass is 16.5. The van der Waals surface area contributed by atoms with Crippen LogP contribution in [0.15, 0.2) is 0 Å². The van der Waals surface area contributed by atoms with Crippen molar-refractivity contribution in [2.24, 2.45) is 17.1 Å². The van der Waals surface area contributed by atoms with Crippen LogP contribution >= 0.6 is 0 Å². The molecular weight excluding hydrogens is 178 g/mol. The molecule has 0 aromatic heterocycles. The predicted molar refractivity (Wildman–Crippen MR) is 56.0 cm³/mol. The zero-order chi connectivity index (χ0) is 10.8. The topological polar surface area (TPSA) is 52.3 Å². The van der Waals surface area contributed by atoms with Crippen molar-refractivity contribution >= 4 is 5.78 Å². The van der Waals surface area contributed by atoms with Crippen LogP contribution in [0, 0.1) is 11.3 Å². The molecule has 0 saturated carbocycles. The fourth-order valence-corrected chi connectivity index (χ4v) is 1.66. The van der Waals surface area contributed by atoms with Crippen LogP contribution < -0.4 is 5.73 Å². The molecule has 0 radical (unpaired) electrons. The maximum atomic E-state index is 12.0. The number of ether oxygens (including phenoxy) is 1. The smallest absolute Gasteiger partial charge is 0.153 e. The summed E-state index contributed by atoms with van der Waals surface area (Å²) in [5.41, 5.74) is 5.81. The molecule has 1 aliphatic rings. The molecule has 0 bridgehead atoms. The maximum Gasteiger partial charge on any atom is 0.153 e. The van der Waals surface area contributed by atoms with Gasteiger partial charge >= 0.3 is 0 Å². The monoisotopic (exact) mass is 199 g/mol. The number of rotatable bonds is 2. The maximum absolute atomic E-state index is 12.0. The van der Waals surface area contributed by atoms with E-state index in [4.69, 9.17) is 10.5 Å². The zero-order valence-electron chi connectivity index (χ0n) is 9.38. The van der Waals surface area contributed by atoms with Crippen molar-refractivity contribution in [1.82, 2.24) is 0 Å². The summed E-state index contributed by atoms with van der Waals surface area (Å²) in [5.74, 6) is 0.332. The standard InChI is InChI=1S/C11H21NO2/c1-11(2,3)10(12)9(13)8-4-6-14-7-5-8/h8,10H,4-7,12H2,1-3H3. The molecule has 14 heavy (non-hydrogen) atoms. The summed E-state index contributed by atoms with van der Waals surface area (Å²) in [5, 5.41) is 0. The highest BCUT2D eigenvalue weighted by Gasteiger charge is 2.33. The van der Waals surface area contributed by atoms with Crippen LogP contribution in [0.25, 0.3) is 0 Å². The van der Waals surface area contributed by atoms with Crippen LogP contribution in [0.4, 0.5) is 0 Å². The Morgan fingerprint density at radius 1 is 1.36 bits per heavy atom. The van der Waals surface area contributed by atoms with E-state index in [1.54, 1.807) is 0 Å². The van der Waals surface area contributed by atoms with Crippen molar-refractivity contribution in [3.63, 3.8) is 0 Å². The van der Waals surface area contributed by atoms with Crippen molar-refractivity contribution < 1.29 is 9.53 Å². The lowest BCUT2D eigenvalue weighted by atomic mass is 9.79. The fourth-order valence-electron chi connectivity index (χ4n) is 1.66. The van der Waals surface area contributed by atoms with E-state index in [9.17, 15) is 4.79 Å². The van der Waals surface area contributed by atoms with Crippen molar-refractivity contribution in [2.45, 2.75) is 39.7 Å². The molecule has 0 spiro atoms. The lowest BCUT2D eigenvalue weighted by Gasteiger charge is -2.30. The molecule has 2 N–H and O–H groups in total. The van der Waals surface area contributed by atoms with E-state index in [1.807, 2.05) is 20.8 Å². The molecule has 0 aromatic rings. The number of Topliss-reactive ketones (excluding diaryl/α,β-unsaturated/α-hetero) is 1. The average Bonchev–Trinajstić information content (AvgIpc) is 2.15. The van der Waals surface area contributed by atoms with Crippen LogP contribution in [-0.2, 0) is 9.53 Å². The average molecular weight is 199 g/mol. The molecule has 1 fully saturated rings. The summed E-state index contributed by atoms with van der Waals surface area (Å²) >= 11 is 0. The predicted octanol–water partition coefficient (Wildman–Crippen LogP) is 1.36. The number of ketones is 1. The van der Waals surface area contributed by atoms with Crippen LogP contribution in [-0.4, -0.2) is 25.0 Å². The Hall–Kier alpha value is -0.410. The third kappa shape index (κ3) is 2.79. The van der Waals surface area contributed by atoms with Gasteiger partial charge in [0.2, 0.25) is 0 Å². The van der Waals surface area contributed by atoms with E-state index < -0.39 is 0 Å². The van der Waals surface area contributed by atoms with Gasteiger partial charge in [-0.3, -0.25) is 4.79 Å². The first-order valence-electron chi connectivity index (χ1n) is 5.30. The van der Waals surface area contributed by atoms with Crippen LogP contribution in [0.2, 0.25) is 0 Å². The third-order valence-electron chi connectivity index (χ3n) is 2.86. The number of hydrogen-bond donors (Lipinski definition) is 1. The van der Waals surface area contributed by atoms with Crippen LogP contribution in [0.3, 0.4) is 0 Å².